The zero-order chi connectivity index (χ0) is 14.6. The standard InChI is InChI=1S/C15H30N4O/c1-3-7-18-8-10-19(11-9-18)13-5-4-6-15(12-13,17-2)14(16)20/h13,17H,3-12H2,1-2H3,(H2,16,20). The van der Waals surface area contributed by atoms with Crippen LogP contribution in [-0.2, 0) is 4.79 Å². The van der Waals surface area contributed by atoms with Crippen molar-refractivity contribution in [1.29, 1.82) is 0 Å². The van der Waals surface area contributed by atoms with Crippen LogP contribution in [0.5, 0.6) is 0 Å². The number of likely N-dealkylation sites (N-methyl/N-ethyl adjacent to an activating group) is 1. The van der Waals surface area contributed by atoms with Crippen molar-refractivity contribution in [2.75, 3.05) is 39.8 Å². The number of nitrogens with two attached hydrogens (primary N) is 1. The minimum atomic E-state index is -0.483. The van der Waals surface area contributed by atoms with Gasteiger partial charge in [0.25, 0.3) is 0 Å². The summed E-state index contributed by atoms with van der Waals surface area (Å²) in [4.78, 5) is 16.9. The van der Waals surface area contributed by atoms with E-state index in [1.165, 1.54) is 19.4 Å². The van der Waals surface area contributed by atoms with E-state index >= 15 is 0 Å². The Balaban J connectivity index is 1.91. The summed E-state index contributed by atoms with van der Waals surface area (Å²) in [5.41, 5.74) is 5.16. The monoisotopic (exact) mass is 282 g/mol. The lowest BCUT2D eigenvalue weighted by Gasteiger charge is -2.45. The van der Waals surface area contributed by atoms with E-state index in [1.54, 1.807) is 0 Å². The molecule has 0 spiro atoms. The smallest absolute Gasteiger partial charge is 0.237 e. The zero-order valence-corrected chi connectivity index (χ0v) is 13.0. The zero-order valence-electron chi connectivity index (χ0n) is 13.0. The van der Waals surface area contributed by atoms with Crippen LogP contribution in [-0.4, -0.2) is 67.1 Å². The van der Waals surface area contributed by atoms with E-state index in [0.717, 1.165) is 45.4 Å². The maximum atomic E-state index is 11.8. The summed E-state index contributed by atoms with van der Waals surface area (Å²) in [5.74, 6) is -0.186. The van der Waals surface area contributed by atoms with Gasteiger partial charge in [0.05, 0.1) is 5.54 Å². The van der Waals surface area contributed by atoms with Crippen molar-refractivity contribution in [1.82, 2.24) is 15.1 Å². The Bertz CT molecular complexity index is 328. The molecule has 1 aliphatic heterocycles. The van der Waals surface area contributed by atoms with Gasteiger partial charge in [-0.05, 0) is 45.7 Å². The molecule has 1 aliphatic carbocycles. The average Bonchev–Trinajstić information content (AvgIpc) is 2.48. The average molecular weight is 282 g/mol. The number of carbonyl (C=O) groups excluding carboxylic acids is 1. The fourth-order valence-corrected chi connectivity index (χ4v) is 3.80. The van der Waals surface area contributed by atoms with Crippen LogP contribution in [0, 0.1) is 0 Å². The van der Waals surface area contributed by atoms with Crippen molar-refractivity contribution in [3.63, 3.8) is 0 Å². The Morgan fingerprint density at radius 1 is 1.35 bits per heavy atom. The first-order valence-corrected chi connectivity index (χ1v) is 8.06. The molecule has 116 valence electrons. The van der Waals surface area contributed by atoms with Crippen LogP contribution in [0.4, 0.5) is 0 Å². The van der Waals surface area contributed by atoms with Gasteiger partial charge in [-0.25, -0.2) is 0 Å². The molecule has 0 aromatic rings. The van der Waals surface area contributed by atoms with Crippen molar-refractivity contribution >= 4 is 5.91 Å². The van der Waals surface area contributed by atoms with E-state index in [9.17, 15) is 4.79 Å². The molecule has 1 heterocycles. The highest BCUT2D eigenvalue weighted by atomic mass is 16.1. The highest BCUT2D eigenvalue weighted by Crippen LogP contribution is 2.31. The van der Waals surface area contributed by atoms with Crippen LogP contribution in [0.25, 0.3) is 0 Å². The van der Waals surface area contributed by atoms with Crippen molar-refractivity contribution in [2.24, 2.45) is 5.73 Å². The lowest BCUT2D eigenvalue weighted by molar-refractivity contribution is -0.126. The first kappa shape index (κ1) is 15.7. The van der Waals surface area contributed by atoms with Gasteiger partial charge < -0.3 is 16.0 Å². The van der Waals surface area contributed by atoms with Crippen LogP contribution in [0.3, 0.4) is 0 Å². The lowest BCUT2D eigenvalue weighted by atomic mass is 9.77. The van der Waals surface area contributed by atoms with E-state index in [2.05, 4.69) is 22.0 Å². The Hall–Kier alpha value is -0.650. The Morgan fingerprint density at radius 3 is 2.60 bits per heavy atom. The number of nitrogens with one attached hydrogen (secondary N) is 1. The number of hydrogen-bond donors (Lipinski definition) is 2. The number of nitrogens with zero attached hydrogens (tertiary/aromatic N) is 2. The largest absolute Gasteiger partial charge is 0.368 e. The normalized spacial score (nSPS) is 33.2. The van der Waals surface area contributed by atoms with E-state index in [-0.39, 0.29) is 5.91 Å². The molecule has 3 N–H and O–H groups in total. The van der Waals surface area contributed by atoms with Crippen LogP contribution in [0.2, 0.25) is 0 Å². The first-order valence-electron chi connectivity index (χ1n) is 8.06. The van der Waals surface area contributed by atoms with Crippen molar-refractivity contribution < 1.29 is 4.79 Å². The maximum Gasteiger partial charge on any atom is 0.237 e. The summed E-state index contributed by atoms with van der Waals surface area (Å²) in [6.45, 7) is 8.02. The van der Waals surface area contributed by atoms with Gasteiger partial charge in [-0.1, -0.05) is 6.92 Å². The topological polar surface area (TPSA) is 61.6 Å². The van der Waals surface area contributed by atoms with E-state index in [1.807, 2.05) is 7.05 Å². The summed E-state index contributed by atoms with van der Waals surface area (Å²) in [7, 11) is 1.87. The van der Waals surface area contributed by atoms with Gasteiger partial charge in [-0.3, -0.25) is 9.69 Å². The summed E-state index contributed by atoms with van der Waals surface area (Å²) < 4.78 is 0. The first-order chi connectivity index (χ1) is 9.61. The highest BCUT2D eigenvalue weighted by Gasteiger charge is 2.42. The van der Waals surface area contributed by atoms with Gasteiger partial charge in [-0.2, -0.15) is 0 Å². The molecular formula is C15H30N4O. The predicted molar refractivity (Wildman–Crippen MR) is 81.5 cm³/mol. The van der Waals surface area contributed by atoms with Crippen molar-refractivity contribution in [3.05, 3.63) is 0 Å². The van der Waals surface area contributed by atoms with Gasteiger partial charge in [-0.15, -0.1) is 0 Å². The number of amides is 1. The van der Waals surface area contributed by atoms with Crippen LogP contribution >= 0.6 is 0 Å². The number of piperazine rings is 1. The third-order valence-electron chi connectivity index (χ3n) is 5.14. The Kier molecular flexibility index (Phi) is 5.41. The number of carbonyl (C=O) groups is 1. The molecule has 0 bridgehead atoms. The number of rotatable bonds is 5. The molecule has 1 amide bonds. The molecule has 2 fully saturated rings. The highest BCUT2D eigenvalue weighted by molar-refractivity contribution is 5.84. The fourth-order valence-electron chi connectivity index (χ4n) is 3.80. The number of hydrogen-bond acceptors (Lipinski definition) is 4. The minimum Gasteiger partial charge on any atom is -0.368 e. The molecular weight excluding hydrogens is 252 g/mol. The molecule has 20 heavy (non-hydrogen) atoms. The van der Waals surface area contributed by atoms with Crippen molar-refractivity contribution in [2.45, 2.75) is 50.6 Å². The van der Waals surface area contributed by atoms with E-state index in [4.69, 9.17) is 5.73 Å². The summed E-state index contributed by atoms with van der Waals surface area (Å²) in [5, 5.41) is 3.20. The van der Waals surface area contributed by atoms with Crippen LogP contribution in [0.15, 0.2) is 0 Å². The van der Waals surface area contributed by atoms with Gasteiger partial charge in [0.1, 0.15) is 0 Å². The molecule has 2 rings (SSSR count). The van der Waals surface area contributed by atoms with Gasteiger partial charge in [0, 0.05) is 32.2 Å². The molecule has 5 nitrogen and oxygen atoms in total. The molecule has 2 aliphatic rings. The second kappa shape index (κ2) is 6.87. The number of primary amides is 1. The SMILES string of the molecule is CCCN1CCN(C2CCCC(NC)(C(N)=O)C2)CC1. The van der Waals surface area contributed by atoms with E-state index < -0.39 is 5.54 Å². The molecule has 0 aromatic heterocycles. The van der Waals surface area contributed by atoms with Gasteiger partial charge >= 0.3 is 0 Å². The second-order valence-electron chi connectivity index (χ2n) is 6.32. The lowest BCUT2D eigenvalue weighted by Crippen LogP contribution is -2.61. The predicted octanol–water partition coefficient (Wildman–Crippen LogP) is 0.400. The molecule has 5 heteroatoms. The second-order valence-corrected chi connectivity index (χ2v) is 6.32. The minimum absolute atomic E-state index is 0.186. The molecule has 2 unspecified atom stereocenters. The van der Waals surface area contributed by atoms with Crippen LogP contribution < -0.4 is 11.1 Å². The molecule has 1 saturated heterocycles. The summed E-state index contributed by atoms with van der Waals surface area (Å²) >= 11 is 0. The fraction of sp³-hybridized carbons (Fsp3) is 0.933. The van der Waals surface area contributed by atoms with Crippen LogP contribution in [0.1, 0.15) is 39.0 Å². The molecule has 1 saturated carbocycles. The Labute approximate surface area is 122 Å². The molecule has 0 aromatic carbocycles. The summed E-state index contributed by atoms with van der Waals surface area (Å²) in [6, 6.07) is 0.507. The third-order valence-corrected chi connectivity index (χ3v) is 5.14. The van der Waals surface area contributed by atoms with Gasteiger partial charge in [0.2, 0.25) is 5.91 Å². The maximum absolute atomic E-state index is 11.8. The summed E-state index contributed by atoms with van der Waals surface area (Å²) in [6.07, 6.45) is 5.26. The molecule has 0 radical (unpaired) electrons. The quantitative estimate of drug-likeness (QED) is 0.766. The molecule has 2 atom stereocenters. The van der Waals surface area contributed by atoms with Crippen molar-refractivity contribution in [3.8, 4) is 0 Å². The third kappa shape index (κ3) is 3.32. The van der Waals surface area contributed by atoms with Gasteiger partial charge in [0.15, 0.2) is 0 Å². The van der Waals surface area contributed by atoms with E-state index in [0.29, 0.717) is 6.04 Å². The Morgan fingerprint density at radius 2 is 2.05 bits per heavy atom.